The molecule has 1 aliphatic heterocycles. The molecule has 3 amide bonds. The third-order valence-corrected chi connectivity index (χ3v) is 5.52. The number of esters is 1. The summed E-state index contributed by atoms with van der Waals surface area (Å²) in [6.07, 6.45) is 3.21. The van der Waals surface area contributed by atoms with Gasteiger partial charge in [0.1, 0.15) is 11.5 Å². The highest BCUT2D eigenvalue weighted by Crippen LogP contribution is 2.38. The quantitative estimate of drug-likeness (QED) is 0.506. The maximum absolute atomic E-state index is 12.4. The van der Waals surface area contributed by atoms with E-state index in [1.165, 1.54) is 19.1 Å². The lowest BCUT2D eigenvalue weighted by atomic mass is 9.81. The number of imide groups is 1. The number of ether oxygens (including phenoxy) is 3. The van der Waals surface area contributed by atoms with E-state index >= 15 is 0 Å². The second-order valence-corrected chi connectivity index (χ2v) is 7.35. The molecule has 9 heteroatoms. The highest BCUT2D eigenvalue weighted by atomic mass is 16.5. The molecule has 2 atom stereocenters. The van der Waals surface area contributed by atoms with Gasteiger partial charge < -0.3 is 19.5 Å². The van der Waals surface area contributed by atoms with E-state index in [4.69, 9.17) is 14.2 Å². The number of rotatable bonds is 8. The van der Waals surface area contributed by atoms with E-state index in [0.29, 0.717) is 17.2 Å². The van der Waals surface area contributed by atoms with Crippen molar-refractivity contribution >= 4 is 29.4 Å². The van der Waals surface area contributed by atoms with E-state index in [9.17, 15) is 19.2 Å². The summed E-state index contributed by atoms with van der Waals surface area (Å²) < 4.78 is 15.3. The number of likely N-dealkylation sites (tertiary alicyclic amines) is 1. The molecule has 0 radical (unpaired) electrons. The normalized spacial score (nSPS) is 20.5. The van der Waals surface area contributed by atoms with Gasteiger partial charge in [0.2, 0.25) is 11.8 Å². The third kappa shape index (κ3) is 4.72. The molecule has 0 bridgehead atoms. The van der Waals surface area contributed by atoms with Crippen LogP contribution in [0.4, 0.5) is 5.69 Å². The molecular weight excluding hydrogens is 392 g/mol. The Morgan fingerprint density at radius 2 is 1.73 bits per heavy atom. The highest BCUT2D eigenvalue weighted by molar-refractivity contribution is 6.05. The van der Waals surface area contributed by atoms with E-state index in [2.05, 4.69) is 5.32 Å². The maximum Gasteiger partial charge on any atom is 0.308 e. The largest absolute Gasteiger partial charge is 0.497 e. The van der Waals surface area contributed by atoms with Crippen LogP contribution in [0.2, 0.25) is 0 Å². The number of benzene rings is 1. The summed E-state index contributed by atoms with van der Waals surface area (Å²) in [5.41, 5.74) is 0.412. The van der Waals surface area contributed by atoms with Crippen LogP contribution in [-0.4, -0.2) is 56.0 Å². The molecule has 0 spiro atoms. The Kier molecular flexibility index (Phi) is 6.91. The SMILES string of the molecule is COc1ccc(NC(=O)COC(=O)CCN2C(=O)[C@@H]3CCCC[C@H]3C2=O)c(OC)c1. The molecule has 30 heavy (non-hydrogen) atoms. The molecule has 1 heterocycles. The first-order chi connectivity index (χ1) is 14.4. The fourth-order valence-electron chi connectivity index (χ4n) is 3.96. The molecule has 9 nitrogen and oxygen atoms in total. The summed E-state index contributed by atoms with van der Waals surface area (Å²) in [4.78, 5) is 50.1. The van der Waals surface area contributed by atoms with Crippen LogP contribution in [0.5, 0.6) is 11.5 Å². The first kappa shape index (κ1) is 21.6. The van der Waals surface area contributed by atoms with Crippen molar-refractivity contribution in [2.45, 2.75) is 32.1 Å². The van der Waals surface area contributed by atoms with Crippen LogP contribution in [0.15, 0.2) is 18.2 Å². The van der Waals surface area contributed by atoms with Crippen molar-refractivity contribution in [3.63, 3.8) is 0 Å². The van der Waals surface area contributed by atoms with E-state index < -0.39 is 18.5 Å². The maximum atomic E-state index is 12.4. The standard InChI is InChI=1S/C21H26N2O7/c1-28-13-7-8-16(17(11-13)29-2)22-18(24)12-30-19(25)9-10-23-20(26)14-5-3-4-6-15(14)21(23)27/h7-8,11,14-15H,3-6,9-10,12H2,1-2H3,(H,22,24)/t14-,15-/m1/s1. The topological polar surface area (TPSA) is 111 Å². The minimum absolute atomic E-state index is 0.0164. The lowest BCUT2D eigenvalue weighted by Gasteiger charge is -2.19. The van der Waals surface area contributed by atoms with E-state index in [-0.39, 0.29) is 36.6 Å². The molecule has 1 aromatic rings. The second kappa shape index (κ2) is 9.60. The molecule has 0 unspecified atom stereocenters. The smallest absolute Gasteiger partial charge is 0.308 e. The zero-order valence-electron chi connectivity index (χ0n) is 17.1. The molecule has 1 saturated carbocycles. The number of methoxy groups -OCH3 is 2. The number of fused-ring (bicyclic) bond motifs is 1. The van der Waals surface area contributed by atoms with Crippen molar-refractivity contribution in [2.75, 3.05) is 32.7 Å². The molecule has 1 aromatic carbocycles. The van der Waals surface area contributed by atoms with Crippen LogP contribution in [0.1, 0.15) is 32.1 Å². The van der Waals surface area contributed by atoms with E-state index in [1.54, 1.807) is 18.2 Å². The average molecular weight is 418 g/mol. The summed E-state index contributed by atoms with van der Waals surface area (Å²) in [6, 6.07) is 4.89. The lowest BCUT2D eigenvalue weighted by molar-refractivity contribution is -0.148. The Labute approximate surface area is 174 Å². The van der Waals surface area contributed by atoms with Crippen LogP contribution < -0.4 is 14.8 Å². The number of nitrogens with one attached hydrogen (secondary N) is 1. The molecule has 2 aliphatic rings. The minimum Gasteiger partial charge on any atom is -0.497 e. The number of amides is 3. The third-order valence-electron chi connectivity index (χ3n) is 5.52. The fraction of sp³-hybridized carbons (Fsp3) is 0.524. The molecule has 2 fully saturated rings. The highest BCUT2D eigenvalue weighted by Gasteiger charge is 2.47. The second-order valence-electron chi connectivity index (χ2n) is 7.35. The summed E-state index contributed by atoms with van der Waals surface area (Å²) in [5, 5.41) is 2.60. The number of anilines is 1. The number of nitrogens with zero attached hydrogens (tertiary/aromatic N) is 1. The summed E-state index contributed by atoms with van der Waals surface area (Å²) >= 11 is 0. The Morgan fingerprint density at radius 3 is 2.33 bits per heavy atom. The zero-order chi connectivity index (χ0) is 21.7. The number of carbonyl (C=O) groups is 4. The van der Waals surface area contributed by atoms with Crippen molar-refractivity contribution in [3.8, 4) is 11.5 Å². The van der Waals surface area contributed by atoms with Crippen molar-refractivity contribution in [2.24, 2.45) is 11.8 Å². The van der Waals surface area contributed by atoms with Crippen LogP contribution in [0, 0.1) is 11.8 Å². The molecule has 1 N–H and O–H groups in total. The van der Waals surface area contributed by atoms with E-state index in [1.807, 2.05) is 0 Å². The van der Waals surface area contributed by atoms with Gasteiger partial charge in [0.05, 0.1) is 38.2 Å². The van der Waals surface area contributed by atoms with Gasteiger partial charge in [-0.3, -0.25) is 24.1 Å². The van der Waals surface area contributed by atoms with Gasteiger partial charge in [-0.2, -0.15) is 0 Å². The summed E-state index contributed by atoms with van der Waals surface area (Å²) in [5.74, 6) is -1.08. The van der Waals surface area contributed by atoms with Crippen LogP contribution in [-0.2, 0) is 23.9 Å². The van der Waals surface area contributed by atoms with Crippen LogP contribution >= 0.6 is 0 Å². The summed E-state index contributed by atoms with van der Waals surface area (Å²) in [6.45, 7) is -0.501. The van der Waals surface area contributed by atoms with Gasteiger partial charge in [0.25, 0.3) is 5.91 Å². The minimum atomic E-state index is -0.651. The van der Waals surface area contributed by atoms with Crippen molar-refractivity contribution in [1.29, 1.82) is 0 Å². The monoisotopic (exact) mass is 418 g/mol. The van der Waals surface area contributed by atoms with Crippen molar-refractivity contribution in [1.82, 2.24) is 4.90 Å². The number of hydrogen-bond acceptors (Lipinski definition) is 7. The molecule has 1 aliphatic carbocycles. The van der Waals surface area contributed by atoms with Gasteiger partial charge in [0.15, 0.2) is 6.61 Å². The molecule has 3 rings (SSSR count). The molecule has 1 saturated heterocycles. The molecular formula is C21H26N2O7. The fourth-order valence-corrected chi connectivity index (χ4v) is 3.96. The van der Waals surface area contributed by atoms with Gasteiger partial charge in [0, 0.05) is 12.6 Å². The molecule has 0 aromatic heterocycles. The summed E-state index contributed by atoms with van der Waals surface area (Å²) in [7, 11) is 2.98. The van der Waals surface area contributed by atoms with Gasteiger partial charge >= 0.3 is 5.97 Å². The van der Waals surface area contributed by atoms with Crippen molar-refractivity contribution in [3.05, 3.63) is 18.2 Å². The van der Waals surface area contributed by atoms with Gasteiger partial charge in [-0.05, 0) is 25.0 Å². The Hall–Kier alpha value is -3.10. The van der Waals surface area contributed by atoms with Crippen LogP contribution in [0.3, 0.4) is 0 Å². The average Bonchev–Trinajstić information content (AvgIpc) is 3.01. The Balaban J connectivity index is 1.45. The first-order valence-corrected chi connectivity index (χ1v) is 9.97. The first-order valence-electron chi connectivity index (χ1n) is 9.97. The van der Waals surface area contributed by atoms with Crippen molar-refractivity contribution < 1.29 is 33.4 Å². The number of carbonyl (C=O) groups excluding carboxylic acids is 4. The van der Waals surface area contributed by atoms with E-state index in [0.717, 1.165) is 25.7 Å². The Morgan fingerprint density at radius 1 is 1.07 bits per heavy atom. The van der Waals surface area contributed by atoms with Gasteiger partial charge in [-0.25, -0.2) is 0 Å². The van der Waals surface area contributed by atoms with Gasteiger partial charge in [-0.15, -0.1) is 0 Å². The Bertz CT molecular complexity index is 815. The van der Waals surface area contributed by atoms with Crippen LogP contribution in [0.25, 0.3) is 0 Å². The predicted molar refractivity (Wildman–Crippen MR) is 106 cm³/mol. The van der Waals surface area contributed by atoms with Gasteiger partial charge in [-0.1, -0.05) is 12.8 Å². The number of hydrogen-bond donors (Lipinski definition) is 1. The zero-order valence-corrected chi connectivity index (χ0v) is 17.1. The molecule has 162 valence electrons. The predicted octanol–water partition coefficient (Wildman–Crippen LogP) is 1.75. The lowest BCUT2D eigenvalue weighted by Crippen LogP contribution is -2.33.